The smallest absolute Gasteiger partial charge is 0.156 e. The number of ether oxygens (including phenoxy) is 2. The Morgan fingerprint density at radius 3 is 2.78 bits per heavy atom. The maximum Gasteiger partial charge on any atom is 0.156 e. The van der Waals surface area contributed by atoms with Crippen LogP contribution >= 0.6 is 0 Å². The monoisotopic (exact) mass is 253 g/mol. The number of aromatic nitrogens is 2. The lowest BCUT2D eigenvalue weighted by Crippen LogP contribution is -2.17. The van der Waals surface area contributed by atoms with Crippen LogP contribution in [0.3, 0.4) is 0 Å². The second-order valence-electron chi connectivity index (χ2n) is 4.12. The summed E-state index contributed by atoms with van der Waals surface area (Å²) in [5, 5.41) is 3.18. The molecule has 1 atom stereocenters. The van der Waals surface area contributed by atoms with Crippen molar-refractivity contribution in [3.8, 4) is 0 Å². The molecule has 0 aliphatic heterocycles. The van der Waals surface area contributed by atoms with Gasteiger partial charge in [0.25, 0.3) is 0 Å². The van der Waals surface area contributed by atoms with Gasteiger partial charge in [0.2, 0.25) is 0 Å². The molecule has 0 aliphatic carbocycles. The minimum atomic E-state index is 0.0525. The van der Waals surface area contributed by atoms with E-state index < -0.39 is 0 Å². The molecule has 0 fully saturated rings. The Balaban J connectivity index is 2.50. The Hall–Kier alpha value is -1.20. The van der Waals surface area contributed by atoms with Crippen molar-refractivity contribution < 1.29 is 9.47 Å². The molecule has 18 heavy (non-hydrogen) atoms. The van der Waals surface area contributed by atoms with Gasteiger partial charge in [-0.3, -0.25) is 0 Å². The summed E-state index contributed by atoms with van der Waals surface area (Å²) in [5.41, 5.74) is 0.942. The lowest BCUT2D eigenvalue weighted by molar-refractivity contribution is -0.0139. The first-order valence-corrected chi connectivity index (χ1v) is 6.43. The van der Waals surface area contributed by atoms with Gasteiger partial charge in [-0.15, -0.1) is 0 Å². The number of rotatable bonds is 8. The Morgan fingerprint density at radius 1 is 1.33 bits per heavy atom. The predicted octanol–water partition coefficient (Wildman–Crippen LogP) is 2.16. The van der Waals surface area contributed by atoms with Crippen LogP contribution in [0.5, 0.6) is 0 Å². The molecule has 0 aliphatic rings. The molecule has 0 aromatic carbocycles. The van der Waals surface area contributed by atoms with Crippen molar-refractivity contribution in [3.05, 3.63) is 17.6 Å². The maximum absolute atomic E-state index is 5.64. The number of hydrogen-bond acceptors (Lipinski definition) is 5. The van der Waals surface area contributed by atoms with E-state index in [9.17, 15) is 0 Å². The van der Waals surface area contributed by atoms with Gasteiger partial charge in [0.1, 0.15) is 12.4 Å². The summed E-state index contributed by atoms with van der Waals surface area (Å²) in [4.78, 5) is 8.74. The fourth-order valence-corrected chi connectivity index (χ4v) is 1.51. The third-order valence-electron chi connectivity index (χ3n) is 2.31. The van der Waals surface area contributed by atoms with Gasteiger partial charge >= 0.3 is 0 Å². The highest BCUT2D eigenvalue weighted by atomic mass is 16.5. The van der Waals surface area contributed by atoms with Crippen LogP contribution in [0, 0.1) is 6.92 Å². The molecule has 1 aromatic heterocycles. The van der Waals surface area contributed by atoms with Crippen LogP contribution in [0.1, 0.15) is 32.3 Å². The summed E-state index contributed by atoms with van der Waals surface area (Å²) < 4.78 is 10.9. The van der Waals surface area contributed by atoms with Gasteiger partial charge in [0.05, 0.1) is 12.7 Å². The van der Waals surface area contributed by atoms with Crippen molar-refractivity contribution in [2.75, 3.05) is 25.1 Å². The van der Waals surface area contributed by atoms with E-state index in [1.807, 2.05) is 33.8 Å². The van der Waals surface area contributed by atoms with Crippen LogP contribution in [0.2, 0.25) is 0 Å². The van der Waals surface area contributed by atoms with Gasteiger partial charge in [0, 0.05) is 24.9 Å². The van der Waals surface area contributed by atoms with E-state index in [0.29, 0.717) is 25.6 Å². The first-order chi connectivity index (χ1) is 8.65. The van der Waals surface area contributed by atoms with E-state index >= 15 is 0 Å². The highest BCUT2D eigenvalue weighted by Gasteiger charge is 2.06. The summed E-state index contributed by atoms with van der Waals surface area (Å²) in [6.45, 7) is 10.5. The molecule has 1 aromatic rings. The third-order valence-corrected chi connectivity index (χ3v) is 2.31. The largest absolute Gasteiger partial charge is 0.379 e. The number of nitrogens with zero attached hydrogens (tertiary/aromatic N) is 2. The van der Waals surface area contributed by atoms with Crippen molar-refractivity contribution in [2.45, 2.75) is 40.4 Å². The van der Waals surface area contributed by atoms with Crippen LogP contribution in [0.4, 0.5) is 5.82 Å². The Kier molecular flexibility index (Phi) is 6.60. The summed E-state index contributed by atoms with van der Waals surface area (Å²) in [7, 11) is 0. The fraction of sp³-hybridized carbons (Fsp3) is 0.692. The number of hydrogen-bond donors (Lipinski definition) is 1. The summed E-state index contributed by atoms with van der Waals surface area (Å²) in [6.07, 6.45) is 0.0525. The van der Waals surface area contributed by atoms with Crippen LogP contribution in [0.15, 0.2) is 6.07 Å². The van der Waals surface area contributed by atoms with Crippen molar-refractivity contribution in [1.29, 1.82) is 0 Å². The molecule has 0 saturated carbocycles. The third kappa shape index (κ3) is 5.42. The first kappa shape index (κ1) is 14.9. The molecular weight excluding hydrogens is 230 g/mol. The average molecular weight is 253 g/mol. The van der Waals surface area contributed by atoms with E-state index in [-0.39, 0.29) is 6.10 Å². The Bertz CT molecular complexity index is 358. The zero-order chi connectivity index (χ0) is 13.4. The predicted molar refractivity (Wildman–Crippen MR) is 71.7 cm³/mol. The van der Waals surface area contributed by atoms with Crippen LogP contribution in [-0.2, 0) is 16.1 Å². The Labute approximate surface area is 109 Å². The second-order valence-corrected chi connectivity index (χ2v) is 4.12. The molecule has 0 radical (unpaired) electrons. The molecule has 1 unspecified atom stereocenters. The molecule has 1 rings (SSSR count). The van der Waals surface area contributed by atoms with E-state index in [1.54, 1.807) is 0 Å². The molecule has 5 heteroatoms. The van der Waals surface area contributed by atoms with Crippen LogP contribution in [0.25, 0.3) is 0 Å². The van der Waals surface area contributed by atoms with Crippen LogP contribution < -0.4 is 5.32 Å². The number of aryl methyl sites for hydroxylation is 1. The fourth-order valence-electron chi connectivity index (χ4n) is 1.51. The topological polar surface area (TPSA) is 56.3 Å². The van der Waals surface area contributed by atoms with Crippen molar-refractivity contribution >= 4 is 5.82 Å². The second kappa shape index (κ2) is 8.00. The quantitative estimate of drug-likeness (QED) is 0.769. The van der Waals surface area contributed by atoms with Gasteiger partial charge in [-0.05, 0) is 27.7 Å². The summed E-state index contributed by atoms with van der Waals surface area (Å²) >= 11 is 0. The molecule has 0 bridgehead atoms. The zero-order valence-electron chi connectivity index (χ0n) is 11.7. The average Bonchev–Trinajstić information content (AvgIpc) is 2.33. The SMILES string of the molecule is CCNc1cc(C)nc(COC(C)COCC)n1. The molecule has 102 valence electrons. The summed E-state index contributed by atoms with van der Waals surface area (Å²) in [6, 6.07) is 1.93. The van der Waals surface area contributed by atoms with E-state index in [4.69, 9.17) is 9.47 Å². The highest BCUT2D eigenvalue weighted by Crippen LogP contribution is 2.07. The van der Waals surface area contributed by atoms with Crippen molar-refractivity contribution in [1.82, 2.24) is 9.97 Å². The van der Waals surface area contributed by atoms with Gasteiger partial charge in [0.15, 0.2) is 5.82 Å². The Morgan fingerprint density at radius 2 is 2.11 bits per heavy atom. The van der Waals surface area contributed by atoms with Gasteiger partial charge in [-0.1, -0.05) is 0 Å². The first-order valence-electron chi connectivity index (χ1n) is 6.43. The zero-order valence-corrected chi connectivity index (χ0v) is 11.7. The van der Waals surface area contributed by atoms with Crippen molar-refractivity contribution in [2.24, 2.45) is 0 Å². The van der Waals surface area contributed by atoms with E-state index in [1.165, 1.54) is 0 Å². The highest BCUT2D eigenvalue weighted by molar-refractivity contribution is 5.35. The van der Waals surface area contributed by atoms with E-state index in [0.717, 1.165) is 18.1 Å². The molecule has 1 N–H and O–H groups in total. The molecule has 1 heterocycles. The molecule has 0 spiro atoms. The lowest BCUT2D eigenvalue weighted by Gasteiger charge is -2.13. The van der Waals surface area contributed by atoms with Gasteiger partial charge < -0.3 is 14.8 Å². The van der Waals surface area contributed by atoms with E-state index in [2.05, 4.69) is 15.3 Å². The van der Waals surface area contributed by atoms with Gasteiger partial charge in [-0.25, -0.2) is 9.97 Å². The molecule has 5 nitrogen and oxygen atoms in total. The minimum Gasteiger partial charge on any atom is -0.379 e. The standard InChI is InChI=1S/C13H23N3O2/c1-5-14-12-7-10(3)15-13(16-12)9-18-11(4)8-17-6-2/h7,11H,5-6,8-9H2,1-4H3,(H,14,15,16). The van der Waals surface area contributed by atoms with Gasteiger partial charge in [-0.2, -0.15) is 0 Å². The lowest BCUT2D eigenvalue weighted by atomic mass is 10.4. The number of anilines is 1. The molecular formula is C13H23N3O2. The minimum absolute atomic E-state index is 0.0525. The number of nitrogens with one attached hydrogen (secondary N) is 1. The maximum atomic E-state index is 5.64. The molecule has 0 saturated heterocycles. The normalized spacial score (nSPS) is 12.4. The van der Waals surface area contributed by atoms with Crippen molar-refractivity contribution in [3.63, 3.8) is 0 Å². The summed E-state index contributed by atoms with van der Waals surface area (Å²) in [5.74, 6) is 1.55. The molecule has 0 amide bonds. The van der Waals surface area contributed by atoms with Crippen LogP contribution in [-0.4, -0.2) is 35.8 Å².